The van der Waals surface area contributed by atoms with Crippen molar-refractivity contribution in [3.8, 4) is 0 Å². The molecule has 136 valence electrons. The van der Waals surface area contributed by atoms with E-state index in [9.17, 15) is 13.2 Å². The van der Waals surface area contributed by atoms with E-state index in [0.717, 1.165) is 25.7 Å². The van der Waals surface area contributed by atoms with E-state index >= 15 is 0 Å². The van der Waals surface area contributed by atoms with Gasteiger partial charge < -0.3 is 10.5 Å². The molecule has 2 fully saturated rings. The fraction of sp³-hybridized carbons (Fsp3) is 0.933. The van der Waals surface area contributed by atoms with Gasteiger partial charge in [-0.1, -0.05) is 12.8 Å². The number of nitrogens with two attached hydrogens (primary N) is 1. The average molecular weight is 369 g/mol. The topological polar surface area (TPSA) is 89.7 Å². The number of ether oxygens (including phenoxy) is 1. The third kappa shape index (κ3) is 4.59. The molecule has 0 bridgehead atoms. The number of methoxy groups -OCH3 is 1. The van der Waals surface area contributed by atoms with Crippen LogP contribution >= 0.6 is 12.4 Å². The largest absolute Gasteiger partial charge is 0.469 e. The van der Waals surface area contributed by atoms with E-state index in [1.165, 1.54) is 7.11 Å². The van der Waals surface area contributed by atoms with Crippen LogP contribution in [0.25, 0.3) is 0 Å². The van der Waals surface area contributed by atoms with Crippen molar-refractivity contribution in [3.05, 3.63) is 0 Å². The summed E-state index contributed by atoms with van der Waals surface area (Å²) in [5.41, 5.74) is 5.92. The Morgan fingerprint density at radius 3 is 2.26 bits per heavy atom. The van der Waals surface area contributed by atoms with Gasteiger partial charge in [0.15, 0.2) is 0 Å². The molecule has 0 spiro atoms. The smallest absolute Gasteiger partial charge is 0.310 e. The fourth-order valence-electron chi connectivity index (χ4n) is 3.72. The molecule has 6 nitrogen and oxygen atoms in total. The molecule has 3 unspecified atom stereocenters. The van der Waals surface area contributed by atoms with Crippen LogP contribution in [0, 0.1) is 11.8 Å². The normalized spacial score (nSPS) is 28.7. The van der Waals surface area contributed by atoms with Crippen molar-refractivity contribution in [3.63, 3.8) is 0 Å². The molecule has 23 heavy (non-hydrogen) atoms. The van der Waals surface area contributed by atoms with Gasteiger partial charge >= 0.3 is 5.97 Å². The molecule has 1 aliphatic carbocycles. The summed E-state index contributed by atoms with van der Waals surface area (Å²) in [4.78, 5) is 11.9. The minimum Gasteiger partial charge on any atom is -0.469 e. The number of sulfonamides is 1. The number of piperidine rings is 1. The second-order valence-corrected chi connectivity index (χ2v) is 8.74. The van der Waals surface area contributed by atoms with E-state index in [1.807, 2.05) is 6.92 Å². The van der Waals surface area contributed by atoms with E-state index in [1.54, 1.807) is 4.31 Å². The molecule has 2 aliphatic rings. The van der Waals surface area contributed by atoms with Gasteiger partial charge in [-0.2, -0.15) is 0 Å². The van der Waals surface area contributed by atoms with Crippen LogP contribution in [0.2, 0.25) is 0 Å². The highest BCUT2D eigenvalue weighted by Gasteiger charge is 2.43. The zero-order valence-electron chi connectivity index (χ0n) is 13.9. The summed E-state index contributed by atoms with van der Waals surface area (Å²) in [5, 5.41) is -0.624. The quantitative estimate of drug-likeness (QED) is 0.760. The van der Waals surface area contributed by atoms with Crippen molar-refractivity contribution in [2.75, 3.05) is 20.2 Å². The van der Waals surface area contributed by atoms with Gasteiger partial charge in [0.25, 0.3) is 0 Å². The van der Waals surface area contributed by atoms with Gasteiger partial charge in [0.2, 0.25) is 10.0 Å². The molecule has 0 aromatic carbocycles. The number of carbonyl (C=O) groups is 1. The molecule has 1 heterocycles. The molecule has 8 heteroatoms. The molecule has 1 aliphatic heterocycles. The van der Waals surface area contributed by atoms with Crippen LogP contribution < -0.4 is 5.73 Å². The van der Waals surface area contributed by atoms with Crippen molar-refractivity contribution >= 4 is 28.4 Å². The Balaban J connectivity index is 0.00000264. The Kier molecular flexibility index (Phi) is 7.77. The SMILES string of the molecule is COC(=O)C1CCCCC1S(=O)(=O)N1CCC(C(C)N)CC1.Cl. The van der Waals surface area contributed by atoms with Gasteiger partial charge in [-0.25, -0.2) is 12.7 Å². The standard InChI is InChI=1S/C15H28N2O4S.ClH/c1-11(16)12-7-9-17(10-8-12)22(19,20)14-6-4-3-5-13(14)15(18)21-2;/h11-14H,3-10,16H2,1-2H3;1H. The lowest BCUT2D eigenvalue weighted by molar-refractivity contribution is -0.146. The van der Waals surface area contributed by atoms with Crippen molar-refractivity contribution in [2.45, 2.75) is 56.7 Å². The second-order valence-electron chi connectivity index (χ2n) is 6.59. The average Bonchev–Trinajstić information content (AvgIpc) is 2.54. The Morgan fingerprint density at radius 1 is 1.17 bits per heavy atom. The molecule has 1 saturated carbocycles. The highest BCUT2D eigenvalue weighted by atomic mass is 35.5. The number of rotatable bonds is 4. The van der Waals surface area contributed by atoms with Gasteiger partial charge in [0, 0.05) is 19.1 Å². The maximum absolute atomic E-state index is 12.9. The summed E-state index contributed by atoms with van der Waals surface area (Å²) >= 11 is 0. The summed E-state index contributed by atoms with van der Waals surface area (Å²) in [7, 11) is -2.12. The molecule has 0 aromatic rings. The van der Waals surface area contributed by atoms with Gasteiger partial charge in [0.05, 0.1) is 18.3 Å². The molecule has 2 rings (SSSR count). The Bertz CT molecular complexity index is 490. The number of carbonyl (C=O) groups excluding carboxylic acids is 1. The first-order valence-corrected chi connectivity index (χ1v) is 9.70. The summed E-state index contributed by atoms with van der Waals surface area (Å²) in [5.74, 6) is -0.525. The summed E-state index contributed by atoms with van der Waals surface area (Å²) < 4.78 is 32.2. The van der Waals surface area contributed by atoms with Crippen LogP contribution in [-0.4, -0.2) is 50.2 Å². The van der Waals surface area contributed by atoms with Gasteiger partial charge in [-0.05, 0) is 38.5 Å². The Hall–Kier alpha value is -0.370. The molecular formula is C15H29ClN2O4S. The second kappa shape index (κ2) is 8.65. The highest BCUT2D eigenvalue weighted by Crippen LogP contribution is 2.34. The highest BCUT2D eigenvalue weighted by molar-refractivity contribution is 7.89. The molecular weight excluding hydrogens is 340 g/mol. The van der Waals surface area contributed by atoms with Crippen molar-refractivity contribution in [1.82, 2.24) is 4.31 Å². The van der Waals surface area contributed by atoms with Crippen molar-refractivity contribution < 1.29 is 17.9 Å². The molecule has 3 atom stereocenters. The Labute approximate surface area is 145 Å². The predicted molar refractivity (Wildman–Crippen MR) is 91.9 cm³/mol. The Morgan fingerprint density at radius 2 is 1.74 bits per heavy atom. The lowest BCUT2D eigenvalue weighted by Crippen LogP contribution is -2.49. The van der Waals surface area contributed by atoms with Crippen molar-refractivity contribution in [2.24, 2.45) is 17.6 Å². The van der Waals surface area contributed by atoms with Crippen LogP contribution in [0.1, 0.15) is 45.4 Å². The first-order chi connectivity index (χ1) is 10.4. The number of hydrogen-bond donors (Lipinski definition) is 1. The lowest BCUT2D eigenvalue weighted by Gasteiger charge is -2.37. The number of hydrogen-bond acceptors (Lipinski definition) is 5. The van der Waals surface area contributed by atoms with E-state index in [2.05, 4.69) is 0 Å². The van der Waals surface area contributed by atoms with E-state index in [4.69, 9.17) is 10.5 Å². The zero-order chi connectivity index (χ0) is 16.3. The molecule has 0 aromatic heterocycles. The number of esters is 1. The number of nitrogens with zero attached hydrogens (tertiary/aromatic N) is 1. The summed E-state index contributed by atoms with van der Waals surface area (Å²) in [6, 6.07) is 0.0994. The summed E-state index contributed by atoms with van der Waals surface area (Å²) in [6.07, 6.45) is 4.49. The van der Waals surface area contributed by atoms with Gasteiger partial charge in [0.1, 0.15) is 0 Å². The maximum atomic E-state index is 12.9. The van der Waals surface area contributed by atoms with E-state index in [-0.39, 0.29) is 18.4 Å². The fourth-order valence-corrected chi connectivity index (χ4v) is 5.95. The molecule has 1 saturated heterocycles. The third-order valence-electron chi connectivity index (χ3n) is 5.19. The first-order valence-electron chi connectivity index (χ1n) is 8.20. The molecule has 0 radical (unpaired) electrons. The predicted octanol–water partition coefficient (Wildman–Crippen LogP) is 1.53. The first kappa shape index (κ1) is 20.7. The number of halogens is 1. The monoisotopic (exact) mass is 368 g/mol. The van der Waals surface area contributed by atoms with Crippen LogP contribution in [0.15, 0.2) is 0 Å². The minimum absolute atomic E-state index is 0. The van der Waals surface area contributed by atoms with Gasteiger partial charge in [-0.3, -0.25) is 4.79 Å². The van der Waals surface area contributed by atoms with Crippen LogP contribution in [0.5, 0.6) is 0 Å². The zero-order valence-corrected chi connectivity index (χ0v) is 15.6. The van der Waals surface area contributed by atoms with Gasteiger partial charge in [-0.15, -0.1) is 12.4 Å². The molecule has 2 N–H and O–H groups in total. The van der Waals surface area contributed by atoms with Crippen molar-refractivity contribution in [1.29, 1.82) is 0 Å². The van der Waals surface area contributed by atoms with Crippen LogP contribution in [0.4, 0.5) is 0 Å². The van der Waals surface area contributed by atoms with Crippen LogP contribution in [0.3, 0.4) is 0 Å². The molecule has 0 amide bonds. The lowest BCUT2D eigenvalue weighted by atomic mass is 9.89. The van der Waals surface area contributed by atoms with E-state index < -0.39 is 27.2 Å². The van der Waals surface area contributed by atoms with Crippen LogP contribution in [-0.2, 0) is 19.6 Å². The maximum Gasteiger partial charge on any atom is 0.310 e. The summed E-state index contributed by atoms with van der Waals surface area (Å²) in [6.45, 7) is 3.00. The van der Waals surface area contributed by atoms with E-state index in [0.29, 0.717) is 31.8 Å². The third-order valence-corrected chi connectivity index (χ3v) is 7.61. The minimum atomic E-state index is -3.45.